The third-order valence-electron chi connectivity index (χ3n) is 4.58. The van der Waals surface area contributed by atoms with Gasteiger partial charge in [0.15, 0.2) is 11.5 Å². The minimum Gasteiger partial charge on any atom is -0.395 e. The Kier molecular flexibility index (Phi) is 3.47. The van der Waals surface area contributed by atoms with E-state index in [9.17, 15) is 8.78 Å². The number of rotatable bonds is 3. The summed E-state index contributed by atoms with van der Waals surface area (Å²) in [6.07, 6.45) is -0.0229. The Morgan fingerprint density at radius 1 is 1.33 bits per heavy atom. The lowest BCUT2D eigenvalue weighted by atomic mass is 10.0. The van der Waals surface area contributed by atoms with Crippen LogP contribution < -0.4 is 15.2 Å². The molecule has 4 rings (SSSR count). The molecule has 2 aromatic rings. The average Bonchev–Trinajstić information content (AvgIpc) is 3.16. The molecule has 0 bridgehead atoms. The molecule has 128 valence electrons. The molecular formula is C16H18F2N4O2. The van der Waals surface area contributed by atoms with Gasteiger partial charge in [-0.25, -0.2) is 4.98 Å². The first-order valence-electron chi connectivity index (χ1n) is 7.75. The van der Waals surface area contributed by atoms with Crippen LogP contribution in [-0.4, -0.2) is 39.9 Å². The SMILES string of the molecule is Cn1cncc1[C@@H]1CN(Cc2cccc3c2OC(F)(F)O3)C[C@H]1N. The molecule has 6 nitrogen and oxygen atoms in total. The van der Waals surface area contributed by atoms with Crippen LogP contribution in [0.3, 0.4) is 0 Å². The maximum atomic E-state index is 13.3. The summed E-state index contributed by atoms with van der Waals surface area (Å²) >= 11 is 0. The van der Waals surface area contributed by atoms with Crippen molar-refractivity contribution < 1.29 is 18.3 Å². The van der Waals surface area contributed by atoms with Crippen molar-refractivity contribution >= 4 is 0 Å². The Morgan fingerprint density at radius 3 is 2.92 bits per heavy atom. The van der Waals surface area contributed by atoms with E-state index in [1.165, 1.54) is 6.07 Å². The van der Waals surface area contributed by atoms with Crippen molar-refractivity contribution in [2.45, 2.75) is 24.8 Å². The smallest absolute Gasteiger partial charge is 0.395 e. The number of nitrogens with two attached hydrogens (primary N) is 1. The zero-order valence-electron chi connectivity index (χ0n) is 13.2. The van der Waals surface area contributed by atoms with Gasteiger partial charge in [-0.2, -0.15) is 0 Å². The summed E-state index contributed by atoms with van der Waals surface area (Å²) in [7, 11) is 1.94. The van der Waals surface area contributed by atoms with Gasteiger partial charge in [-0.05, 0) is 6.07 Å². The van der Waals surface area contributed by atoms with Crippen molar-refractivity contribution in [3.8, 4) is 11.5 Å². The number of likely N-dealkylation sites (tertiary alicyclic amines) is 1. The molecule has 24 heavy (non-hydrogen) atoms. The Morgan fingerprint density at radius 2 is 2.17 bits per heavy atom. The summed E-state index contributed by atoms with van der Waals surface area (Å²) in [4.78, 5) is 6.28. The number of nitrogens with zero attached hydrogens (tertiary/aromatic N) is 3. The van der Waals surface area contributed by atoms with Crippen molar-refractivity contribution in [3.63, 3.8) is 0 Å². The molecule has 1 aromatic carbocycles. The van der Waals surface area contributed by atoms with E-state index in [2.05, 4.69) is 19.4 Å². The van der Waals surface area contributed by atoms with Crippen molar-refractivity contribution in [1.82, 2.24) is 14.5 Å². The molecule has 0 spiro atoms. The first kappa shape index (κ1) is 15.3. The second kappa shape index (κ2) is 5.42. The summed E-state index contributed by atoms with van der Waals surface area (Å²) in [6.45, 7) is 1.89. The van der Waals surface area contributed by atoms with Crippen LogP contribution in [0.5, 0.6) is 11.5 Å². The van der Waals surface area contributed by atoms with E-state index in [0.29, 0.717) is 18.7 Å². The third-order valence-corrected chi connectivity index (χ3v) is 4.58. The van der Waals surface area contributed by atoms with Crippen molar-refractivity contribution in [3.05, 3.63) is 42.0 Å². The Bertz CT molecular complexity index is 764. The molecular weight excluding hydrogens is 318 g/mol. The van der Waals surface area contributed by atoms with E-state index < -0.39 is 6.29 Å². The van der Waals surface area contributed by atoms with Crippen LogP contribution in [0.1, 0.15) is 17.2 Å². The molecule has 0 unspecified atom stereocenters. The maximum Gasteiger partial charge on any atom is 0.586 e. The topological polar surface area (TPSA) is 65.5 Å². The lowest BCUT2D eigenvalue weighted by Crippen LogP contribution is -2.29. The zero-order chi connectivity index (χ0) is 16.9. The highest BCUT2D eigenvalue weighted by Gasteiger charge is 2.44. The highest BCUT2D eigenvalue weighted by Crippen LogP contribution is 2.43. The number of aromatic nitrogens is 2. The minimum absolute atomic E-state index is 0.0317. The van der Waals surface area contributed by atoms with Crippen molar-refractivity contribution in [2.75, 3.05) is 13.1 Å². The van der Waals surface area contributed by atoms with Gasteiger partial charge < -0.3 is 19.8 Å². The van der Waals surface area contributed by atoms with E-state index in [0.717, 1.165) is 12.2 Å². The summed E-state index contributed by atoms with van der Waals surface area (Å²) in [5.74, 6) is 0.345. The van der Waals surface area contributed by atoms with Crippen molar-refractivity contribution in [2.24, 2.45) is 12.8 Å². The molecule has 1 aromatic heterocycles. The predicted octanol–water partition coefficient (Wildman–Crippen LogP) is 1.67. The van der Waals surface area contributed by atoms with Crippen LogP contribution in [-0.2, 0) is 13.6 Å². The molecule has 0 radical (unpaired) electrons. The van der Waals surface area contributed by atoms with E-state index in [1.54, 1.807) is 18.5 Å². The number of aryl methyl sites for hydroxylation is 1. The van der Waals surface area contributed by atoms with Crippen LogP contribution in [0.4, 0.5) is 8.78 Å². The number of ether oxygens (including phenoxy) is 2. The number of imidazole rings is 1. The Hall–Kier alpha value is -2.19. The fourth-order valence-electron chi connectivity index (χ4n) is 3.47. The predicted molar refractivity (Wildman–Crippen MR) is 81.8 cm³/mol. The molecule has 0 saturated carbocycles. The van der Waals surface area contributed by atoms with Crippen LogP contribution in [0.25, 0.3) is 0 Å². The number of benzene rings is 1. The number of alkyl halides is 2. The maximum absolute atomic E-state index is 13.3. The van der Waals surface area contributed by atoms with Gasteiger partial charge in [0.1, 0.15) is 0 Å². The monoisotopic (exact) mass is 336 g/mol. The van der Waals surface area contributed by atoms with Gasteiger partial charge >= 0.3 is 6.29 Å². The summed E-state index contributed by atoms with van der Waals surface area (Å²) < 4.78 is 37.7. The van der Waals surface area contributed by atoms with Gasteiger partial charge in [0, 0.05) is 56.1 Å². The van der Waals surface area contributed by atoms with E-state index in [1.807, 2.05) is 17.8 Å². The zero-order valence-corrected chi connectivity index (χ0v) is 13.2. The molecule has 2 N–H and O–H groups in total. The molecule has 0 aliphatic carbocycles. The highest BCUT2D eigenvalue weighted by atomic mass is 19.3. The van der Waals surface area contributed by atoms with Gasteiger partial charge in [0.05, 0.1) is 6.33 Å². The lowest BCUT2D eigenvalue weighted by Gasteiger charge is -2.17. The summed E-state index contributed by atoms with van der Waals surface area (Å²) in [5, 5.41) is 0. The summed E-state index contributed by atoms with van der Waals surface area (Å²) in [6, 6.07) is 4.91. The molecule has 2 aliphatic heterocycles. The quantitative estimate of drug-likeness (QED) is 0.924. The van der Waals surface area contributed by atoms with Gasteiger partial charge in [-0.3, -0.25) is 4.90 Å². The Balaban J connectivity index is 1.52. The first-order valence-corrected chi connectivity index (χ1v) is 7.75. The van der Waals surface area contributed by atoms with E-state index in [4.69, 9.17) is 5.73 Å². The molecule has 3 heterocycles. The average molecular weight is 336 g/mol. The molecule has 2 aliphatic rings. The van der Waals surface area contributed by atoms with Crippen LogP contribution in [0.2, 0.25) is 0 Å². The van der Waals surface area contributed by atoms with E-state index >= 15 is 0 Å². The molecule has 1 fully saturated rings. The number of halogens is 2. The minimum atomic E-state index is -3.60. The van der Waals surface area contributed by atoms with Crippen LogP contribution >= 0.6 is 0 Å². The highest BCUT2D eigenvalue weighted by molar-refractivity contribution is 5.48. The fourth-order valence-corrected chi connectivity index (χ4v) is 3.47. The number of hydrogen-bond donors (Lipinski definition) is 1. The second-order valence-corrected chi connectivity index (χ2v) is 6.31. The lowest BCUT2D eigenvalue weighted by molar-refractivity contribution is -0.287. The first-order chi connectivity index (χ1) is 11.4. The fraction of sp³-hybridized carbons (Fsp3) is 0.438. The molecule has 0 amide bonds. The van der Waals surface area contributed by atoms with Crippen LogP contribution in [0, 0.1) is 0 Å². The number of fused-ring (bicyclic) bond motifs is 1. The van der Waals surface area contributed by atoms with Gasteiger partial charge in [0.2, 0.25) is 0 Å². The van der Waals surface area contributed by atoms with Crippen LogP contribution in [0.15, 0.2) is 30.7 Å². The molecule has 8 heteroatoms. The normalized spacial score (nSPS) is 25.3. The largest absolute Gasteiger partial charge is 0.586 e. The van der Waals surface area contributed by atoms with Gasteiger partial charge in [0.25, 0.3) is 0 Å². The Labute approximate surface area is 137 Å². The number of hydrogen-bond acceptors (Lipinski definition) is 5. The van der Waals surface area contributed by atoms with Gasteiger partial charge in [-0.15, -0.1) is 8.78 Å². The van der Waals surface area contributed by atoms with Gasteiger partial charge in [-0.1, -0.05) is 12.1 Å². The standard InChI is InChI=1S/C16H18F2N4O2/c1-21-9-20-5-13(21)11-7-22(8-12(11)19)6-10-3-2-4-14-15(10)24-16(17,18)23-14/h2-5,9,11-12H,6-8,19H2,1H3/t11-,12-/m1/s1. The number of para-hydroxylation sites is 1. The molecule has 1 saturated heterocycles. The third kappa shape index (κ3) is 2.61. The summed E-state index contributed by atoms with van der Waals surface area (Å²) in [5.41, 5.74) is 8.03. The van der Waals surface area contributed by atoms with Crippen molar-refractivity contribution in [1.29, 1.82) is 0 Å². The molecule has 2 atom stereocenters. The second-order valence-electron chi connectivity index (χ2n) is 6.31. The van der Waals surface area contributed by atoms with E-state index in [-0.39, 0.29) is 23.5 Å².